The minimum absolute atomic E-state index is 0.193. The van der Waals surface area contributed by atoms with Crippen LogP contribution < -0.4 is 11.1 Å². The summed E-state index contributed by atoms with van der Waals surface area (Å²) in [5, 5.41) is 3.19. The van der Waals surface area contributed by atoms with Crippen molar-refractivity contribution in [1.82, 2.24) is 5.32 Å². The van der Waals surface area contributed by atoms with Crippen LogP contribution in [0.25, 0.3) is 0 Å². The molecule has 3 nitrogen and oxygen atoms in total. The molecule has 0 radical (unpaired) electrons. The fraction of sp³-hybridized carbons (Fsp3) is 0.938. The van der Waals surface area contributed by atoms with Crippen molar-refractivity contribution in [1.29, 1.82) is 0 Å². The lowest BCUT2D eigenvalue weighted by atomic mass is 9.70. The van der Waals surface area contributed by atoms with E-state index in [9.17, 15) is 4.79 Å². The maximum Gasteiger partial charge on any atom is 0.227 e. The van der Waals surface area contributed by atoms with Crippen LogP contribution in [0.15, 0.2) is 0 Å². The Kier molecular flexibility index (Phi) is 6.31. The average molecular weight is 268 g/mol. The first-order valence-electron chi connectivity index (χ1n) is 7.90. The molecule has 1 amide bonds. The molecule has 0 bridgehead atoms. The van der Waals surface area contributed by atoms with E-state index in [0.29, 0.717) is 12.5 Å². The molecule has 0 aromatic carbocycles. The minimum atomic E-state index is -0.293. The van der Waals surface area contributed by atoms with Gasteiger partial charge in [-0.05, 0) is 57.3 Å². The number of hydrogen-bond donors (Lipinski definition) is 2. The van der Waals surface area contributed by atoms with Gasteiger partial charge in [-0.15, -0.1) is 0 Å². The summed E-state index contributed by atoms with van der Waals surface area (Å²) < 4.78 is 0. The zero-order valence-corrected chi connectivity index (χ0v) is 13.2. The van der Waals surface area contributed by atoms with Gasteiger partial charge < -0.3 is 11.1 Å². The number of rotatable bonds is 6. The van der Waals surface area contributed by atoms with Crippen LogP contribution in [0.5, 0.6) is 0 Å². The van der Waals surface area contributed by atoms with Gasteiger partial charge in [-0.2, -0.15) is 0 Å². The predicted molar refractivity (Wildman–Crippen MR) is 80.8 cm³/mol. The van der Waals surface area contributed by atoms with Crippen LogP contribution in [0.4, 0.5) is 0 Å². The van der Waals surface area contributed by atoms with Gasteiger partial charge in [0.25, 0.3) is 0 Å². The molecule has 112 valence electrons. The third kappa shape index (κ3) is 4.79. The second-order valence-electron chi connectivity index (χ2n) is 7.01. The van der Waals surface area contributed by atoms with Crippen molar-refractivity contribution in [2.24, 2.45) is 23.0 Å². The molecule has 1 atom stereocenters. The van der Waals surface area contributed by atoms with E-state index in [0.717, 1.165) is 44.4 Å². The van der Waals surface area contributed by atoms with Crippen LogP contribution in [0.1, 0.15) is 66.2 Å². The molecule has 0 aliphatic heterocycles. The molecule has 1 saturated carbocycles. The lowest BCUT2D eigenvalue weighted by Gasteiger charge is -2.38. The monoisotopic (exact) mass is 268 g/mol. The van der Waals surface area contributed by atoms with Crippen LogP contribution in [0, 0.1) is 17.3 Å². The summed E-state index contributed by atoms with van der Waals surface area (Å²) >= 11 is 0. The maximum absolute atomic E-state index is 12.5. The quantitative estimate of drug-likeness (QED) is 0.778. The van der Waals surface area contributed by atoms with Crippen molar-refractivity contribution >= 4 is 5.91 Å². The summed E-state index contributed by atoms with van der Waals surface area (Å²) in [5.74, 6) is 1.63. The first-order valence-corrected chi connectivity index (χ1v) is 7.90. The molecule has 0 spiro atoms. The predicted octanol–water partition coefficient (Wildman–Crippen LogP) is 3.08. The zero-order chi connectivity index (χ0) is 14.5. The van der Waals surface area contributed by atoms with Crippen molar-refractivity contribution in [3.63, 3.8) is 0 Å². The molecular formula is C16H32N2O. The molecule has 0 aromatic rings. The van der Waals surface area contributed by atoms with Crippen molar-refractivity contribution in [3.05, 3.63) is 0 Å². The number of carbonyl (C=O) groups excluding carboxylic acids is 1. The number of nitrogens with two attached hydrogens (primary N) is 1. The molecular weight excluding hydrogens is 236 g/mol. The van der Waals surface area contributed by atoms with Gasteiger partial charge in [-0.1, -0.05) is 20.8 Å². The summed E-state index contributed by atoms with van der Waals surface area (Å²) in [4.78, 5) is 12.5. The molecule has 0 aromatic heterocycles. The molecule has 0 saturated heterocycles. The van der Waals surface area contributed by atoms with Crippen molar-refractivity contribution in [2.45, 2.75) is 72.3 Å². The topological polar surface area (TPSA) is 55.1 Å². The first-order chi connectivity index (χ1) is 8.89. The van der Waals surface area contributed by atoms with Crippen molar-refractivity contribution < 1.29 is 4.79 Å². The molecule has 1 aliphatic carbocycles. The summed E-state index contributed by atoms with van der Waals surface area (Å²) in [5.41, 5.74) is 5.63. The Balaban J connectivity index is 2.50. The van der Waals surface area contributed by atoms with E-state index in [1.54, 1.807) is 0 Å². The van der Waals surface area contributed by atoms with E-state index >= 15 is 0 Å². The molecule has 19 heavy (non-hydrogen) atoms. The number of amides is 1. The smallest absolute Gasteiger partial charge is 0.227 e. The highest BCUT2D eigenvalue weighted by Crippen LogP contribution is 2.38. The number of nitrogens with one attached hydrogen (secondary N) is 1. The van der Waals surface area contributed by atoms with Crippen LogP contribution in [-0.2, 0) is 4.79 Å². The van der Waals surface area contributed by atoms with Gasteiger partial charge in [-0.3, -0.25) is 4.79 Å². The van der Waals surface area contributed by atoms with Crippen LogP contribution in [0.3, 0.4) is 0 Å². The van der Waals surface area contributed by atoms with E-state index < -0.39 is 0 Å². The van der Waals surface area contributed by atoms with Gasteiger partial charge in [0, 0.05) is 12.6 Å². The van der Waals surface area contributed by atoms with E-state index in [1.807, 2.05) is 0 Å². The molecule has 3 N–H and O–H groups in total. The molecule has 1 unspecified atom stereocenters. The minimum Gasteiger partial charge on any atom is -0.353 e. The van der Waals surface area contributed by atoms with Gasteiger partial charge in [0.05, 0.1) is 5.41 Å². The Morgan fingerprint density at radius 2 is 1.84 bits per heavy atom. The normalized spacial score (nSPS) is 29.3. The van der Waals surface area contributed by atoms with Gasteiger partial charge >= 0.3 is 0 Å². The number of hydrogen-bond acceptors (Lipinski definition) is 2. The van der Waals surface area contributed by atoms with E-state index in [4.69, 9.17) is 5.73 Å². The second-order valence-corrected chi connectivity index (χ2v) is 7.01. The van der Waals surface area contributed by atoms with E-state index in [2.05, 4.69) is 33.0 Å². The van der Waals surface area contributed by atoms with Gasteiger partial charge in [0.1, 0.15) is 0 Å². The van der Waals surface area contributed by atoms with Gasteiger partial charge in [0.2, 0.25) is 5.91 Å². The lowest BCUT2D eigenvalue weighted by molar-refractivity contribution is -0.133. The van der Waals surface area contributed by atoms with E-state index in [1.165, 1.54) is 0 Å². The second kappa shape index (κ2) is 7.28. The van der Waals surface area contributed by atoms with Gasteiger partial charge in [-0.25, -0.2) is 0 Å². The fourth-order valence-corrected chi connectivity index (χ4v) is 2.87. The Morgan fingerprint density at radius 1 is 1.26 bits per heavy atom. The third-order valence-electron chi connectivity index (χ3n) is 4.66. The summed E-state index contributed by atoms with van der Waals surface area (Å²) in [6, 6.07) is 0.262. The average Bonchev–Trinajstić information content (AvgIpc) is 2.37. The molecule has 3 heteroatoms. The standard InChI is InChI=1S/C16H32N2O/c1-12(2)5-6-14(4)18-15(19)16(11-17)9-7-13(3)8-10-16/h12-14H,5-11,17H2,1-4H3,(H,18,19). The SMILES string of the molecule is CC(C)CCC(C)NC(=O)C1(CN)CCC(C)CC1. The van der Waals surface area contributed by atoms with Crippen molar-refractivity contribution in [2.75, 3.05) is 6.54 Å². The van der Waals surface area contributed by atoms with E-state index in [-0.39, 0.29) is 17.4 Å². The summed E-state index contributed by atoms with van der Waals surface area (Å²) in [6.07, 6.45) is 6.38. The van der Waals surface area contributed by atoms with Crippen LogP contribution in [-0.4, -0.2) is 18.5 Å². The highest BCUT2D eigenvalue weighted by atomic mass is 16.2. The number of carbonyl (C=O) groups is 1. The molecule has 1 rings (SSSR count). The van der Waals surface area contributed by atoms with Crippen LogP contribution in [0.2, 0.25) is 0 Å². The van der Waals surface area contributed by atoms with Crippen molar-refractivity contribution in [3.8, 4) is 0 Å². The maximum atomic E-state index is 12.5. The largest absolute Gasteiger partial charge is 0.353 e. The Bertz CT molecular complexity index is 280. The van der Waals surface area contributed by atoms with Gasteiger partial charge in [0.15, 0.2) is 0 Å². The molecule has 1 fully saturated rings. The highest BCUT2D eigenvalue weighted by Gasteiger charge is 2.40. The fourth-order valence-electron chi connectivity index (χ4n) is 2.87. The lowest BCUT2D eigenvalue weighted by Crippen LogP contribution is -2.50. The van der Waals surface area contributed by atoms with Crippen LogP contribution >= 0.6 is 0 Å². The third-order valence-corrected chi connectivity index (χ3v) is 4.66. The summed E-state index contributed by atoms with van der Waals surface area (Å²) in [6.45, 7) is 9.30. The molecule has 1 aliphatic rings. The Morgan fingerprint density at radius 3 is 2.32 bits per heavy atom. The highest BCUT2D eigenvalue weighted by molar-refractivity contribution is 5.83. The Hall–Kier alpha value is -0.570. The first kappa shape index (κ1) is 16.5. The molecule has 0 heterocycles. The Labute approximate surface area is 118 Å². The zero-order valence-electron chi connectivity index (χ0n) is 13.2. The summed E-state index contributed by atoms with van der Waals surface area (Å²) in [7, 11) is 0.